The van der Waals surface area contributed by atoms with Crippen LogP contribution in [-0.4, -0.2) is 36.2 Å². The molecule has 0 aliphatic carbocycles. The third kappa shape index (κ3) is 3.58. The van der Waals surface area contributed by atoms with Gasteiger partial charge in [-0.15, -0.1) is 0 Å². The van der Waals surface area contributed by atoms with E-state index in [2.05, 4.69) is 6.58 Å². The molecule has 0 N–H and O–H groups in total. The Morgan fingerprint density at radius 2 is 2.28 bits per heavy atom. The normalized spacial score (nSPS) is 24.0. The van der Waals surface area contributed by atoms with Gasteiger partial charge in [0, 0.05) is 12.5 Å². The van der Waals surface area contributed by atoms with E-state index in [1.165, 1.54) is 0 Å². The van der Waals surface area contributed by atoms with Crippen LogP contribution in [0.25, 0.3) is 0 Å². The second-order valence-electron chi connectivity index (χ2n) is 3.95. The molecular weight excluding hydrogens is 240 g/mol. The van der Waals surface area contributed by atoms with Gasteiger partial charge in [-0.25, -0.2) is 14.4 Å². The predicted molar refractivity (Wildman–Crippen MR) is 60.4 cm³/mol. The highest BCUT2D eigenvalue weighted by molar-refractivity contribution is 5.89. The van der Waals surface area contributed by atoms with E-state index in [9.17, 15) is 14.4 Å². The van der Waals surface area contributed by atoms with Crippen LogP contribution in [0.15, 0.2) is 12.7 Å². The van der Waals surface area contributed by atoms with Crippen molar-refractivity contribution in [2.24, 2.45) is 0 Å². The van der Waals surface area contributed by atoms with Crippen LogP contribution in [0.5, 0.6) is 0 Å². The minimum absolute atomic E-state index is 0.0202. The van der Waals surface area contributed by atoms with Crippen molar-refractivity contribution in [2.45, 2.75) is 45.0 Å². The molecule has 1 heterocycles. The third-order valence-electron chi connectivity index (χ3n) is 2.53. The van der Waals surface area contributed by atoms with Gasteiger partial charge in [-0.1, -0.05) is 13.5 Å². The van der Waals surface area contributed by atoms with Crippen LogP contribution < -0.4 is 0 Å². The van der Waals surface area contributed by atoms with E-state index < -0.39 is 30.1 Å². The third-order valence-corrected chi connectivity index (χ3v) is 2.53. The molecule has 0 bridgehead atoms. The average molecular weight is 256 g/mol. The zero-order valence-corrected chi connectivity index (χ0v) is 10.4. The van der Waals surface area contributed by atoms with Gasteiger partial charge in [0.05, 0.1) is 6.10 Å². The molecule has 0 aromatic carbocycles. The van der Waals surface area contributed by atoms with Gasteiger partial charge < -0.3 is 14.2 Å². The minimum Gasteiger partial charge on any atom is -0.460 e. The van der Waals surface area contributed by atoms with Crippen molar-refractivity contribution in [2.75, 3.05) is 0 Å². The number of carbonyl (C=O) groups is 3. The SMILES string of the molecule is C=CC(=O)OC1CC(C(=O)OC(C)CC)OC1=O. The molecule has 0 aromatic heterocycles. The number of carbonyl (C=O) groups excluding carboxylic acids is 3. The summed E-state index contributed by atoms with van der Waals surface area (Å²) in [4.78, 5) is 33.9. The first-order valence-electron chi connectivity index (χ1n) is 5.72. The van der Waals surface area contributed by atoms with Gasteiger partial charge in [0.2, 0.25) is 12.2 Å². The molecule has 1 aliphatic heterocycles. The van der Waals surface area contributed by atoms with Crippen LogP contribution in [0, 0.1) is 0 Å². The van der Waals surface area contributed by atoms with Gasteiger partial charge in [0.25, 0.3) is 0 Å². The first-order chi connectivity index (χ1) is 8.47. The Balaban J connectivity index is 2.52. The van der Waals surface area contributed by atoms with Crippen LogP contribution >= 0.6 is 0 Å². The molecule has 18 heavy (non-hydrogen) atoms. The summed E-state index contributed by atoms with van der Waals surface area (Å²) in [5, 5.41) is 0. The summed E-state index contributed by atoms with van der Waals surface area (Å²) >= 11 is 0. The summed E-state index contributed by atoms with van der Waals surface area (Å²) in [5.41, 5.74) is 0. The standard InChI is InChI=1S/C12H16O6/c1-4-7(3)16-11(14)9-6-8(12(15)18-9)17-10(13)5-2/h5,7-9H,2,4,6H2,1,3H3. The largest absolute Gasteiger partial charge is 0.460 e. The molecule has 3 unspecified atom stereocenters. The first-order valence-corrected chi connectivity index (χ1v) is 5.72. The molecule has 1 saturated heterocycles. The Kier molecular flexibility index (Phi) is 4.88. The minimum atomic E-state index is -1.06. The van der Waals surface area contributed by atoms with E-state index in [1.54, 1.807) is 6.92 Å². The fraction of sp³-hybridized carbons (Fsp3) is 0.583. The van der Waals surface area contributed by atoms with Gasteiger partial charge in [-0.3, -0.25) is 0 Å². The maximum absolute atomic E-state index is 11.6. The van der Waals surface area contributed by atoms with Crippen molar-refractivity contribution in [3.05, 3.63) is 12.7 Å². The van der Waals surface area contributed by atoms with Crippen LogP contribution in [-0.2, 0) is 28.6 Å². The molecule has 0 aromatic rings. The average Bonchev–Trinajstić information content (AvgIpc) is 2.70. The number of rotatable bonds is 5. The highest BCUT2D eigenvalue weighted by Gasteiger charge is 2.42. The molecule has 0 amide bonds. The molecule has 100 valence electrons. The maximum atomic E-state index is 11.6. The fourth-order valence-corrected chi connectivity index (χ4v) is 1.34. The summed E-state index contributed by atoms with van der Waals surface area (Å²) < 4.78 is 14.6. The Morgan fingerprint density at radius 1 is 1.61 bits per heavy atom. The Hall–Kier alpha value is -1.85. The van der Waals surface area contributed by atoms with Gasteiger partial charge in [-0.05, 0) is 13.3 Å². The first kappa shape index (κ1) is 14.2. The second kappa shape index (κ2) is 6.18. The molecule has 3 atom stereocenters. The summed E-state index contributed by atoms with van der Waals surface area (Å²) in [6, 6.07) is 0. The Labute approximate surface area is 105 Å². The summed E-state index contributed by atoms with van der Waals surface area (Å²) in [6.45, 7) is 6.82. The molecule has 6 heteroatoms. The monoisotopic (exact) mass is 256 g/mol. The van der Waals surface area contributed by atoms with Crippen molar-refractivity contribution in [1.82, 2.24) is 0 Å². The molecule has 0 saturated carbocycles. The van der Waals surface area contributed by atoms with Gasteiger partial charge in [0.1, 0.15) is 0 Å². The molecule has 0 spiro atoms. The van der Waals surface area contributed by atoms with Crippen LogP contribution in [0.2, 0.25) is 0 Å². The van der Waals surface area contributed by atoms with Crippen molar-refractivity contribution in [3.8, 4) is 0 Å². The Morgan fingerprint density at radius 3 is 2.83 bits per heavy atom. The van der Waals surface area contributed by atoms with Crippen LogP contribution in [0.3, 0.4) is 0 Å². The molecular formula is C12H16O6. The van der Waals surface area contributed by atoms with Crippen LogP contribution in [0.1, 0.15) is 26.7 Å². The number of cyclic esters (lactones) is 1. The molecule has 0 radical (unpaired) electrons. The van der Waals surface area contributed by atoms with Crippen molar-refractivity contribution in [1.29, 1.82) is 0 Å². The molecule has 1 rings (SSSR count). The molecule has 1 aliphatic rings. The van der Waals surface area contributed by atoms with E-state index >= 15 is 0 Å². The highest BCUT2D eigenvalue weighted by Crippen LogP contribution is 2.20. The predicted octanol–water partition coefficient (Wildman–Crippen LogP) is 0.741. The highest BCUT2D eigenvalue weighted by atomic mass is 16.6. The zero-order valence-electron chi connectivity index (χ0n) is 10.4. The molecule has 6 nitrogen and oxygen atoms in total. The van der Waals surface area contributed by atoms with E-state index in [4.69, 9.17) is 14.2 Å². The zero-order chi connectivity index (χ0) is 13.7. The topological polar surface area (TPSA) is 78.9 Å². The van der Waals surface area contributed by atoms with E-state index in [0.717, 1.165) is 6.08 Å². The number of hydrogen-bond donors (Lipinski definition) is 0. The summed E-state index contributed by atoms with van der Waals surface area (Å²) in [5.74, 6) is -2.08. The smallest absolute Gasteiger partial charge is 0.348 e. The van der Waals surface area contributed by atoms with Crippen molar-refractivity contribution < 1.29 is 28.6 Å². The lowest BCUT2D eigenvalue weighted by Crippen LogP contribution is -2.26. The van der Waals surface area contributed by atoms with Crippen molar-refractivity contribution >= 4 is 17.9 Å². The molecule has 1 fully saturated rings. The van der Waals surface area contributed by atoms with E-state index in [-0.39, 0.29) is 12.5 Å². The van der Waals surface area contributed by atoms with Gasteiger partial charge in [0.15, 0.2) is 0 Å². The summed E-state index contributed by atoms with van der Waals surface area (Å²) in [6.07, 6.45) is -0.724. The number of esters is 3. The van der Waals surface area contributed by atoms with E-state index in [0.29, 0.717) is 6.42 Å². The lowest BCUT2D eigenvalue weighted by atomic mass is 10.2. The lowest BCUT2D eigenvalue weighted by molar-refractivity contribution is -0.166. The fourth-order valence-electron chi connectivity index (χ4n) is 1.34. The summed E-state index contributed by atoms with van der Waals surface area (Å²) in [7, 11) is 0. The number of hydrogen-bond acceptors (Lipinski definition) is 6. The Bertz CT molecular complexity index is 362. The van der Waals surface area contributed by atoms with E-state index in [1.807, 2.05) is 6.92 Å². The van der Waals surface area contributed by atoms with Gasteiger partial charge in [-0.2, -0.15) is 0 Å². The van der Waals surface area contributed by atoms with Crippen LogP contribution in [0.4, 0.5) is 0 Å². The lowest BCUT2D eigenvalue weighted by Gasteiger charge is -2.13. The maximum Gasteiger partial charge on any atom is 0.348 e. The number of ether oxygens (including phenoxy) is 3. The second-order valence-corrected chi connectivity index (χ2v) is 3.95. The quantitative estimate of drug-likeness (QED) is 0.410. The van der Waals surface area contributed by atoms with Gasteiger partial charge >= 0.3 is 17.9 Å². The van der Waals surface area contributed by atoms with Crippen molar-refractivity contribution in [3.63, 3.8) is 0 Å².